The van der Waals surface area contributed by atoms with E-state index in [0.717, 1.165) is 62.0 Å². The minimum absolute atomic E-state index is 0.165. The van der Waals surface area contributed by atoms with Crippen LogP contribution < -0.4 is 0 Å². The van der Waals surface area contributed by atoms with Crippen LogP contribution in [0.3, 0.4) is 0 Å². The molecule has 1 saturated heterocycles. The fourth-order valence-electron chi connectivity index (χ4n) is 3.22. The highest BCUT2D eigenvalue weighted by atomic mass is 19.1. The summed E-state index contributed by atoms with van der Waals surface area (Å²) in [6, 6.07) is 12.8. The number of furan rings is 1. The summed E-state index contributed by atoms with van der Waals surface area (Å²) in [5.41, 5.74) is 1.93. The number of hydrogen-bond acceptors (Lipinski definition) is 4. The molecule has 1 aliphatic heterocycles. The smallest absolute Gasteiger partial charge is 0.152 e. The van der Waals surface area contributed by atoms with Crippen molar-refractivity contribution in [3.05, 3.63) is 65.8 Å². The Balaban J connectivity index is 1.29. The van der Waals surface area contributed by atoms with Gasteiger partial charge in [0.05, 0.1) is 6.54 Å². The molecule has 6 heteroatoms. The highest BCUT2D eigenvalue weighted by Crippen LogP contribution is 2.21. The first kappa shape index (κ1) is 16.1. The number of rotatable bonds is 5. The van der Waals surface area contributed by atoms with Gasteiger partial charge in [0.25, 0.3) is 0 Å². The summed E-state index contributed by atoms with van der Waals surface area (Å²) in [5, 5.41) is 6.86. The summed E-state index contributed by atoms with van der Waals surface area (Å²) in [7, 11) is 0. The van der Waals surface area contributed by atoms with Gasteiger partial charge in [-0.2, -0.15) is 5.10 Å². The van der Waals surface area contributed by atoms with Gasteiger partial charge in [-0.05, 0) is 35.9 Å². The van der Waals surface area contributed by atoms with E-state index in [9.17, 15) is 4.39 Å². The van der Waals surface area contributed by atoms with Crippen LogP contribution in [0.15, 0.2) is 53.1 Å². The molecule has 25 heavy (non-hydrogen) atoms. The molecule has 0 atom stereocenters. The molecule has 1 fully saturated rings. The number of nitrogens with zero attached hydrogens (tertiary/aromatic N) is 3. The number of H-pyrrole nitrogens is 1. The Morgan fingerprint density at radius 1 is 1.00 bits per heavy atom. The number of piperazine rings is 1. The lowest BCUT2D eigenvalue weighted by Crippen LogP contribution is -2.45. The van der Waals surface area contributed by atoms with Crippen LogP contribution in [0.4, 0.5) is 4.39 Å². The summed E-state index contributed by atoms with van der Waals surface area (Å²) in [4.78, 5) is 4.75. The number of aromatic amines is 1. The third-order valence-corrected chi connectivity index (χ3v) is 4.57. The molecule has 5 nitrogen and oxygen atoms in total. The van der Waals surface area contributed by atoms with E-state index >= 15 is 0 Å². The summed E-state index contributed by atoms with van der Waals surface area (Å²) in [6.45, 7) is 5.53. The van der Waals surface area contributed by atoms with Crippen LogP contribution in [0, 0.1) is 5.82 Å². The molecular weight excluding hydrogens is 319 g/mol. The first-order valence-electron chi connectivity index (χ1n) is 8.54. The number of nitrogens with one attached hydrogen (secondary N) is 1. The third-order valence-electron chi connectivity index (χ3n) is 4.57. The number of aromatic nitrogens is 2. The van der Waals surface area contributed by atoms with Crippen LogP contribution in [0.25, 0.3) is 11.5 Å². The third kappa shape index (κ3) is 3.97. The van der Waals surface area contributed by atoms with Gasteiger partial charge in [-0.3, -0.25) is 14.9 Å². The van der Waals surface area contributed by atoms with E-state index in [2.05, 4.69) is 20.0 Å². The molecule has 130 valence electrons. The molecule has 0 bridgehead atoms. The van der Waals surface area contributed by atoms with Crippen molar-refractivity contribution in [1.82, 2.24) is 20.0 Å². The molecule has 0 unspecified atom stereocenters. The molecule has 1 N–H and O–H groups in total. The van der Waals surface area contributed by atoms with Crippen LogP contribution in [-0.4, -0.2) is 46.2 Å². The van der Waals surface area contributed by atoms with Gasteiger partial charge in [0.2, 0.25) is 0 Å². The zero-order valence-electron chi connectivity index (χ0n) is 14.0. The summed E-state index contributed by atoms with van der Waals surface area (Å²) >= 11 is 0. The minimum atomic E-state index is -0.165. The molecule has 0 radical (unpaired) electrons. The molecular formula is C19H21FN4O. The van der Waals surface area contributed by atoms with Crippen LogP contribution in [0.2, 0.25) is 0 Å². The van der Waals surface area contributed by atoms with E-state index in [1.54, 1.807) is 18.3 Å². The van der Waals surface area contributed by atoms with Crippen LogP contribution in [-0.2, 0) is 13.1 Å². The fourth-order valence-corrected chi connectivity index (χ4v) is 3.22. The van der Waals surface area contributed by atoms with Crippen molar-refractivity contribution < 1.29 is 8.81 Å². The molecule has 2 aromatic heterocycles. The highest BCUT2D eigenvalue weighted by Gasteiger charge is 2.18. The average molecular weight is 340 g/mol. The maximum absolute atomic E-state index is 13.3. The Morgan fingerprint density at radius 3 is 2.52 bits per heavy atom. The normalized spacial score (nSPS) is 16.4. The van der Waals surface area contributed by atoms with E-state index in [1.165, 1.54) is 6.07 Å². The van der Waals surface area contributed by atoms with Crippen LogP contribution in [0.1, 0.15) is 11.3 Å². The Hall–Kier alpha value is -2.44. The predicted molar refractivity (Wildman–Crippen MR) is 93.2 cm³/mol. The van der Waals surface area contributed by atoms with Crippen molar-refractivity contribution in [3.8, 4) is 11.5 Å². The predicted octanol–water partition coefficient (Wildman–Crippen LogP) is 3.13. The molecule has 0 amide bonds. The van der Waals surface area contributed by atoms with E-state index in [-0.39, 0.29) is 5.82 Å². The minimum Gasteiger partial charge on any atom is -0.458 e. The lowest BCUT2D eigenvalue weighted by molar-refractivity contribution is 0.116. The summed E-state index contributed by atoms with van der Waals surface area (Å²) in [6.07, 6.45) is 1.72. The lowest BCUT2D eigenvalue weighted by atomic mass is 10.2. The highest BCUT2D eigenvalue weighted by molar-refractivity contribution is 5.51. The molecule has 0 spiro atoms. The maximum atomic E-state index is 13.3. The monoisotopic (exact) mass is 340 g/mol. The lowest BCUT2D eigenvalue weighted by Gasteiger charge is -2.34. The second-order valence-corrected chi connectivity index (χ2v) is 6.42. The second kappa shape index (κ2) is 7.21. The molecule has 1 aliphatic rings. The summed E-state index contributed by atoms with van der Waals surface area (Å²) in [5.74, 6) is 1.61. The van der Waals surface area contributed by atoms with E-state index < -0.39 is 0 Å². The van der Waals surface area contributed by atoms with E-state index in [0.29, 0.717) is 0 Å². The number of benzene rings is 1. The SMILES string of the molecule is Fc1cccc(CN2CCN(Cc3ccc(-c4ccn[nH]4)o3)CC2)c1. The Kier molecular flexibility index (Phi) is 4.63. The first-order chi connectivity index (χ1) is 12.3. The van der Waals surface area contributed by atoms with Crippen LogP contribution >= 0.6 is 0 Å². The Bertz CT molecular complexity index is 806. The Morgan fingerprint density at radius 2 is 1.80 bits per heavy atom. The van der Waals surface area contributed by atoms with Gasteiger partial charge >= 0.3 is 0 Å². The fraction of sp³-hybridized carbons (Fsp3) is 0.316. The van der Waals surface area contributed by atoms with Crippen molar-refractivity contribution in [3.63, 3.8) is 0 Å². The zero-order chi connectivity index (χ0) is 17.1. The van der Waals surface area contributed by atoms with Crippen molar-refractivity contribution in [2.45, 2.75) is 13.1 Å². The van der Waals surface area contributed by atoms with E-state index in [1.807, 2.05) is 24.3 Å². The van der Waals surface area contributed by atoms with Crippen molar-refractivity contribution >= 4 is 0 Å². The Labute approximate surface area is 146 Å². The van der Waals surface area contributed by atoms with Crippen LogP contribution in [0.5, 0.6) is 0 Å². The van der Waals surface area contributed by atoms with Gasteiger partial charge < -0.3 is 4.42 Å². The average Bonchev–Trinajstić information content (AvgIpc) is 3.28. The van der Waals surface area contributed by atoms with Gasteiger partial charge in [0.1, 0.15) is 17.3 Å². The summed E-state index contributed by atoms with van der Waals surface area (Å²) < 4.78 is 19.2. The molecule has 3 aromatic rings. The van der Waals surface area contributed by atoms with Gasteiger partial charge in [-0.15, -0.1) is 0 Å². The largest absolute Gasteiger partial charge is 0.458 e. The molecule has 4 rings (SSSR count). The molecule has 0 saturated carbocycles. The zero-order valence-corrected chi connectivity index (χ0v) is 14.0. The van der Waals surface area contributed by atoms with Crippen molar-refractivity contribution in [1.29, 1.82) is 0 Å². The van der Waals surface area contributed by atoms with Gasteiger partial charge in [-0.1, -0.05) is 12.1 Å². The standard InChI is InChI=1S/C19H21FN4O/c20-16-3-1-2-15(12-16)13-23-8-10-24(11-9-23)14-17-4-5-19(25-17)18-6-7-21-22-18/h1-7,12H,8-11,13-14H2,(H,21,22). The quantitative estimate of drug-likeness (QED) is 0.775. The molecule has 3 heterocycles. The molecule has 1 aromatic carbocycles. The van der Waals surface area contributed by atoms with Gasteiger partial charge in [0, 0.05) is 38.9 Å². The van der Waals surface area contributed by atoms with Gasteiger partial charge in [-0.25, -0.2) is 4.39 Å². The van der Waals surface area contributed by atoms with Gasteiger partial charge in [0.15, 0.2) is 5.76 Å². The maximum Gasteiger partial charge on any atom is 0.152 e. The second-order valence-electron chi connectivity index (χ2n) is 6.42. The topological polar surface area (TPSA) is 48.3 Å². The van der Waals surface area contributed by atoms with Crippen molar-refractivity contribution in [2.75, 3.05) is 26.2 Å². The van der Waals surface area contributed by atoms with E-state index in [4.69, 9.17) is 4.42 Å². The first-order valence-corrected chi connectivity index (χ1v) is 8.54. The van der Waals surface area contributed by atoms with Crippen molar-refractivity contribution in [2.24, 2.45) is 0 Å². The number of hydrogen-bond donors (Lipinski definition) is 1. The number of halogens is 1. The molecule has 0 aliphatic carbocycles.